The van der Waals surface area contributed by atoms with Gasteiger partial charge in [-0.1, -0.05) is 0 Å². The van der Waals surface area contributed by atoms with Gasteiger partial charge in [-0.15, -0.1) is 0 Å². The minimum absolute atomic E-state index is 0.662. The van der Waals surface area contributed by atoms with Gasteiger partial charge in [-0.2, -0.15) is 0 Å². The second-order valence-electron chi connectivity index (χ2n) is 1.24. The molecule has 0 aromatic heterocycles. The molecule has 32 valence electrons. The fourth-order valence-electron chi connectivity index (χ4n) is 0.387. The summed E-state index contributed by atoms with van der Waals surface area (Å²) >= 11 is 0. The van der Waals surface area contributed by atoms with Crippen molar-refractivity contribution in [2.45, 2.75) is 0 Å². The lowest BCUT2D eigenvalue weighted by atomic mass is 10.4. The Morgan fingerprint density at radius 1 is 1.83 bits per heavy atom. The fourth-order valence-corrected chi connectivity index (χ4v) is 0.387. The van der Waals surface area contributed by atoms with Crippen molar-refractivity contribution >= 4 is 5.71 Å². The highest BCUT2D eigenvalue weighted by Gasteiger charge is 1.91. The highest BCUT2D eigenvalue weighted by molar-refractivity contribution is 5.95. The van der Waals surface area contributed by atoms with Gasteiger partial charge in [0, 0.05) is 0 Å². The lowest BCUT2D eigenvalue weighted by molar-refractivity contribution is 1.05. The highest BCUT2D eigenvalue weighted by atomic mass is 14.9. The third kappa shape index (κ3) is 0.407. The van der Waals surface area contributed by atoms with Crippen LogP contribution in [0.5, 0.6) is 0 Å². The summed E-state index contributed by atoms with van der Waals surface area (Å²) in [4.78, 5) is 0. The molecule has 0 fully saturated rings. The molecule has 1 aliphatic heterocycles. The zero-order chi connectivity index (χ0) is 4.41. The molecule has 2 nitrogen and oxygen atoms in total. The first kappa shape index (κ1) is 3.40. The molecule has 0 atom stereocenters. The highest BCUT2D eigenvalue weighted by Crippen LogP contribution is 1.80. The molecule has 2 heteroatoms. The van der Waals surface area contributed by atoms with Crippen LogP contribution in [-0.4, -0.2) is 12.3 Å². The SMILES string of the molecule is N=C1C=CNC1. The van der Waals surface area contributed by atoms with E-state index in [1.54, 1.807) is 12.3 Å². The molecule has 0 saturated heterocycles. The van der Waals surface area contributed by atoms with Crippen LogP contribution in [0.25, 0.3) is 0 Å². The van der Waals surface area contributed by atoms with Crippen LogP contribution >= 0.6 is 0 Å². The maximum Gasteiger partial charge on any atom is 0.0561 e. The summed E-state index contributed by atoms with van der Waals surface area (Å²) in [6.45, 7) is 0.708. The molecule has 0 aliphatic carbocycles. The third-order valence-electron chi connectivity index (χ3n) is 0.695. The van der Waals surface area contributed by atoms with Gasteiger partial charge in [0.25, 0.3) is 0 Å². The van der Waals surface area contributed by atoms with Crippen LogP contribution < -0.4 is 5.32 Å². The van der Waals surface area contributed by atoms with Crippen LogP contribution in [0.1, 0.15) is 0 Å². The molecular formula is C4H6N2. The Balaban J connectivity index is 2.59. The van der Waals surface area contributed by atoms with Crippen molar-refractivity contribution in [1.29, 1.82) is 5.41 Å². The zero-order valence-electron chi connectivity index (χ0n) is 3.36. The maximum atomic E-state index is 6.90. The van der Waals surface area contributed by atoms with Gasteiger partial charge in [0.2, 0.25) is 0 Å². The molecule has 0 aromatic rings. The van der Waals surface area contributed by atoms with E-state index in [-0.39, 0.29) is 0 Å². The molecule has 0 saturated carbocycles. The summed E-state index contributed by atoms with van der Waals surface area (Å²) in [5.74, 6) is 0. The lowest BCUT2D eigenvalue weighted by Crippen LogP contribution is -2.05. The van der Waals surface area contributed by atoms with Crippen LogP contribution in [0, 0.1) is 5.41 Å². The van der Waals surface area contributed by atoms with Crippen molar-refractivity contribution in [3.05, 3.63) is 12.3 Å². The van der Waals surface area contributed by atoms with Crippen molar-refractivity contribution in [2.75, 3.05) is 6.54 Å². The second-order valence-corrected chi connectivity index (χ2v) is 1.24. The molecule has 1 aliphatic rings. The first-order valence-electron chi connectivity index (χ1n) is 1.87. The Morgan fingerprint density at radius 2 is 2.67 bits per heavy atom. The first-order valence-corrected chi connectivity index (χ1v) is 1.87. The summed E-state index contributed by atoms with van der Waals surface area (Å²) in [5.41, 5.74) is 0.662. The quantitative estimate of drug-likeness (QED) is 0.428. The Morgan fingerprint density at radius 3 is 2.83 bits per heavy atom. The van der Waals surface area contributed by atoms with Gasteiger partial charge in [0.05, 0.1) is 12.3 Å². The zero-order valence-corrected chi connectivity index (χ0v) is 3.36. The van der Waals surface area contributed by atoms with Crippen molar-refractivity contribution in [3.8, 4) is 0 Å². The van der Waals surface area contributed by atoms with E-state index in [1.807, 2.05) is 0 Å². The summed E-state index contributed by atoms with van der Waals surface area (Å²) in [7, 11) is 0. The third-order valence-corrected chi connectivity index (χ3v) is 0.695. The molecule has 0 aromatic carbocycles. The van der Waals surface area contributed by atoms with Crippen LogP contribution in [0.4, 0.5) is 0 Å². The van der Waals surface area contributed by atoms with E-state index in [0.29, 0.717) is 12.3 Å². The van der Waals surface area contributed by atoms with Crippen LogP contribution in [0.2, 0.25) is 0 Å². The van der Waals surface area contributed by atoms with Crippen LogP contribution in [0.15, 0.2) is 12.3 Å². The molecule has 0 amide bonds. The van der Waals surface area contributed by atoms with Crippen molar-refractivity contribution in [1.82, 2.24) is 5.32 Å². The Kier molecular flexibility index (Phi) is 0.638. The number of hydrogen-bond acceptors (Lipinski definition) is 2. The summed E-state index contributed by atoms with van der Waals surface area (Å²) in [6.07, 6.45) is 3.53. The normalized spacial score (nSPS) is 18.3. The molecule has 6 heavy (non-hydrogen) atoms. The van der Waals surface area contributed by atoms with E-state index in [1.165, 1.54) is 0 Å². The summed E-state index contributed by atoms with van der Waals surface area (Å²) < 4.78 is 0. The van der Waals surface area contributed by atoms with E-state index in [4.69, 9.17) is 5.41 Å². The number of nitrogens with one attached hydrogen (secondary N) is 2. The molecule has 1 rings (SSSR count). The predicted octanol–water partition coefficient (Wildman–Crippen LogP) is 0.123. The molecule has 0 bridgehead atoms. The Labute approximate surface area is 36.4 Å². The van der Waals surface area contributed by atoms with Gasteiger partial charge in [0.15, 0.2) is 0 Å². The monoisotopic (exact) mass is 82.1 g/mol. The Bertz CT molecular complexity index is 93.7. The van der Waals surface area contributed by atoms with Gasteiger partial charge in [-0.25, -0.2) is 0 Å². The average molecular weight is 82.1 g/mol. The lowest BCUT2D eigenvalue weighted by Gasteiger charge is -1.81. The van der Waals surface area contributed by atoms with Gasteiger partial charge in [0.1, 0.15) is 0 Å². The number of hydrogen-bond donors (Lipinski definition) is 2. The molecule has 0 unspecified atom stereocenters. The van der Waals surface area contributed by atoms with Gasteiger partial charge < -0.3 is 10.7 Å². The van der Waals surface area contributed by atoms with E-state index >= 15 is 0 Å². The Hall–Kier alpha value is -0.790. The first-order chi connectivity index (χ1) is 2.89. The molecular weight excluding hydrogens is 76.1 g/mol. The minimum atomic E-state index is 0.662. The standard InChI is InChI=1S/C4H6N2/c5-4-1-2-6-3-4/h1-2,5-6H,3H2. The minimum Gasteiger partial charge on any atom is -0.385 e. The van der Waals surface area contributed by atoms with Gasteiger partial charge >= 0.3 is 0 Å². The van der Waals surface area contributed by atoms with Crippen molar-refractivity contribution < 1.29 is 0 Å². The summed E-state index contributed by atoms with van der Waals surface area (Å²) in [6, 6.07) is 0. The van der Waals surface area contributed by atoms with E-state index in [2.05, 4.69) is 5.32 Å². The van der Waals surface area contributed by atoms with Gasteiger partial charge in [-0.3, -0.25) is 0 Å². The van der Waals surface area contributed by atoms with Crippen LogP contribution in [-0.2, 0) is 0 Å². The molecule has 0 radical (unpaired) electrons. The molecule has 2 N–H and O–H groups in total. The largest absolute Gasteiger partial charge is 0.385 e. The van der Waals surface area contributed by atoms with Crippen LogP contribution in [0.3, 0.4) is 0 Å². The topological polar surface area (TPSA) is 35.9 Å². The fraction of sp³-hybridized carbons (Fsp3) is 0.250. The van der Waals surface area contributed by atoms with Crippen molar-refractivity contribution in [2.24, 2.45) is 0 Å². The molecule has 0 spiro atoms. The van der Waals surface area contributed by atoms with Crippen molar-refractivity contribution in [3.63, 3.8) is 0 Å². The van der Waals surface area contributed by atoms with E-state index in [9.17, 15) is 0 Å². The predicted molar refractivity (Wildman–Crippen MR) is 24.9 cm³/mol. The average Bonchev–Trinajstić information content (AvgIpc) is 1.86. The van der Waals surface area contributed by atoms with E-state index < -0.39 is 0 Å². The van der Waals surface area contributed by atoms with Gasteiger partial charge in [-0.05, 0) is 12.3 Å². The molecule has 1 heterocycles. The second kappa shape index (κ2) is 1.12. The van der Waals surface area contributed by atoms with E-state index in [0.717, 1.165) is 0 Å². The smallest absolute Gasteiger partial charge is 0.0561 e. The number of rotatable bonds is 0. The maximum absolute atomic E-state index is 6.90. The summed E-state index contributed by atoms with van der Waals surface area (Å²) in [5, 5.41) is 9.77.